The molecule has 0 saturated carbocycles. The molecule has 5 aromatic rings. The molecule has 1 unspecified atom stereocenters. The molecular formula is C88H120Cl3N11O11S3. The Morgan fingerprint density at radius 3 is 1.27 bits per heavy atom. The number of hydrogen-bond donors (Lipinski definition) is 6. The number of halogens is 3. The van der Waals surface area contributed by atoms with Crippen molar-refractivity contribution in [1.29, 1.82) is 0 Å². The highest BCUT2D eigenvalue weighted by atomic mass is 35.5. The Labute approximate surface area is 718 Å². The van der Waals surface area contributed by atoms with Crippen LogP contribution >= 0.6 is 71.5 Å². The number of hydrogen-bond acceptors (Lipinski definition) is 17. The van der Waals surface area contributed by atoms with E-state index in [0.717, 1.165) is 91.7 Å². The predicted molar refractivity (Wildman–Crippen MR) is 474 cm³/mol. The summed E-state index contributed by atoms with van der Waals surface area (Å²) >= 11 is 36.4. The number of carbonyl (C=O) groups is 6. The van der Waals surface area contributed by atoms with Crippen LogP contribution in [-0.2, 0) is 80.1 Å². The zero-order chi connectivity index (χ0) is 85.7. The molecule has 5 aromatic carbocycles. The number of nitrogens with zero attached hydrogens (tertiary/aromatic N) is 5. The maximum Gasteiger partial charge on any atom is 0.302 e. The first-order chi connectivity index (χ1) is 54.7. The molecule has 0 bridgehead atoms. The third-order valence-corrected chi connectivity index (χ3v) is 21.9. The van der Waals surface area contributed by atoms with Gasteiger partial charge in [-0.15, -0.1) is 0 Å². The van der Waals surface area contributed by atoms with Gasteiger partial charge in [0.1, 0.15) is 36.6 Å². The molecule has 8 rings (SSSR count). The maximum absolute atomic E-state index is 12.7. The second-order valence-corrected chi connectivity index (χ2v) is 34.6. The SMILES string of the molecule is CC(=O)OC[C@@](C)(/C=C/[C@@H]1CCCN1C(=S)N(NC(=O)[C@H](C)N)C(C)(C)C)Cc1cccc(Cl)c1.CC(=O)OC[C@@](C)(/C=C/[C@@H]1CCCN1C(=S)[C@@H](NC(=O)[C@H](C)N)C(C)OCc1ccccc1)Cc1cccc(Cl)c1.COc1ccc(CN(NC(=O)[C@H](C)N)C(=S)N2CCC[C@H]2/C=C/[C@](C)(COC(C)=O)Cc2cccc(Cl)c2)cc1. The molecule has 0 radical (unpaired) electrons. The first-order valence-electron chi connectivity index (χ1n) is 39.4. The molecule has 3 amide bonds. The Bertz CT molecular complexity index is 4190. The number of nitrogens with two attached hydrogens (primary N) is 3. The minimum Gasteiger partial charge on any atom is -0.497 e. The number of amides is 3. The lowest BCUT2D eigenvalue weighted by atomic mass is 9.83. The Hall–Kier alpha value is -8.08. The van der Waals surface area contributed by atoms with E-state index in [-0.39, 0.29) is 79.7 Å². The number of benzene rings is 5. The Morgan fingerprint density at radius 2 is 0.888 bits per heavy atom. The molecular weight excluding hydrogens is 1590 g/mol. The molecule has 9 N–H and O–H groups in total. The summed E-state index contributed by atoms with van der Waals surface area (Å²) in [6, 6.07) is 38.1. The van der Waals surface area contributed by atoms with Gasteiger partial charge in [0, 0.05) is 89.8 Å². The molecule has 0 aliphatic carbocycles. The molecule has 0 aromatic heterocycles. The Kier molecular flexibility index (Phi) is 38.6. The van der Waals surface area contributed by atoms with Crippen molar-refractivity contribution < 1.29 is 52.5 Å². The van der Waals surface area contributed by atoms with E-state index in [9.17, 15) is 28.8 Å². The number of thiocarbonyl (C=S) groups is 3. The molecule has 22 nitrogen and oxygen atoms in total. The van der Waals surface area contributed by atoms with Crippen LogP contribution in [0.25, 0.3) is 0 Å². The average Bonchev–Trinajstić information content (AvgIpc) is 1.65. The molecule has 11 atom stereocenters. The van der Waals surface area contributed by atoms with E-state index in [1.165, 1.54) is 20.8 Å². The molecule has 3 fully saturated rings. The van der Waals surface area contributed by atoms with Crippen molar-refractivity contribution in [2.24, 2.45) is 33.4 Å². The Balaban J connectivity index is 0.000000271. The van der Waals surface area contributed by atoms with E-state index in [1.807, 2.05) is 155 Å². The highest BCUT2D eigenvalue weighted by Crippen LogP contribution is 2.34. The van der Waals surface area contributed by atoms with Crippen molar-refractivity contribution in [2.45, 2.75) is 215 Å². The zero-order valence-electron chi connectivity index (χ0n) is 69.5. The lowest BCUT2D eigenvalue weighted by Crippen LogP contribution is -2.62. The first-order valence-corrected chi connectivity index (χ1v) is 41.7. The number of likely N-dealkylation sites (tertiary alicyclic amines) is 3. The van der Waals surface area contributed by atoms with Gasteiger partial charge >= 0.3 is 17.9 Å². The molecule has 3 aliphatic rings. The van der Waals surface area contributed by atoms with Crippen molar-refractivity contribution in [3.8, 4) is 5.75 Å². The number of hydrazine groups is 2. The van der Waals surface area contributed by atoms with Gasteiger partial charge in [0.05, 0.1) is 50.0 Å². The normalized spacial score (nSPS) is 18.3. The molecule has 3 aliphatic heterocycles. The van der Waals surface area contributed by atoms with E-state index in [0.29, 0.717) is 62.7 Å². The highest BCUT2D eigenvalue weighted by Gasteiger charge is 2.38. The lowest BCUT2D eigenvalue weighted by molar-refractivity contribution is -0.144. The quantitative estimate of drug-likeness (QED) is 0.00819. The largest absolute Gasteiger partial charge is 0.497 e. The smallest absolute Gasteiger partial charge is 0.302 e. The van der Waals surface area contributed by atoms with Gasteiger partial charge in [-0.25, -0.2) is 0 Å². The monoisotopic (exact) mass is 1710 g/mol. The number of esters is 3. The maximum atomic E-state index is 12.7. The fraction of sp³-hybridized carbons (Fsp3) is 0.489. The summed E-state index contributed by atoms with van der Waals surface area (Å²) in [5.41, 5.74) is 26.7. The minimum absolute atomic E-state index is 0.00841. The zero-order valence-corrected chi connectivity index (χ0v) is 74.3. The average molecular weight is 1710 g/mol. The van der Waals surface area contributed by atoms with E-state index < -0.39 is 46.0 Å². The van der Waals surface area contributed by atoms with Crippen LogP contribution in [0.15, 0.2) is 164 Å². The molecule has 3 saturated heterocycles. The fourth-order valence-corrected chi connectivity index (χ4v) is 15.4. The van der Waals surface area contributed by atoms with Crippen LogP contribution in [0.1, 0.15) is 156 Å². The highest BCUT2D eigenvalue weighted by molar-refractivity contribution is 7.80. The van der Waals surface area contributed by atoms with Crippen LogP contribution in [0.5, 0.6) is 5.75 Å². The number of carbonyl (C=O) groups excluding carboxylic acids is 6. The van der Waals surface area contributed by atoms with Crippen molar-refractivity contribution in [3.63, 3.8) is 0 Å². The molecule has 28 heteroatoms. The van der Waals surface area contributed by atoms with Crippen LogP contribution in [-0.4, -0.2) is 176 Å². The number of ether oxygens (including phenoxy) is 5. The predicted octanol–water partition coefficient (Wildman–Crippen LogP) is 14.1. The van der Waals surface area contributed by atoms with Gasteiger partial charge in [-0.05, 0) is 207 Å². The van der Waals surface area contributed by atoms with Crippen LogP contribution in [0.2, 0.25) is 15.1 Å². The summed E-state index contributed by atoms with van der Waals surface area (Å²) in [5, 5.41) is 9.49. The summed E-state index contributed by atoms with van der Waals surface area (Å²) in [6.45, 7) is 27.0. The minimum atomic E-state index is -0.691. The lowest BCUT2D eigenvalue weighted by Gasteiger charge is -2.42. The summed E-state index contributed by atoms with van der Waals surface area (Å²) in [7, 11) is 1.62. The first kappa shape index (κ1) is 96.8. The topological polar surface area (TPSA) is 279 Å². The number of methoxy groups -OCH3 is 1. The van der Waals surface area contributed by atoms with Crippen LogP contribution in [0, 0.1) is 16.2 Å². The van der Waals surface area contributed by atoms with Crippen molar-refractivity contribution >= 4 is 122 Å². The van der Waals surface area contributed by atoms with E-state index in [2.05, 4.69) is 88.1 Å². The standard InChI is InChI=1S/C32H42ClN3O4S.C30H39ClN4O4S.C26H39ClN4O3S/c1-22(34)30(38)35-29(23(2)39-20-25-10-6-5-7-11-25)31(41)36-17-9-14-28(36)15-16-32(4,21-40-24(3)37)19-26-12-8-13-27(33)18-26;1-21(32)28(37)33-35(19-23-10-12-27(38-4)13-11-23)29(40)34-16-6-9-26(34)14-15-30(3,20-39-22(2)36)18-24-7-5-8-25(31)17-24;1-18(28)23(33)29-31(25(3,4)5)24(35)30-14-8-11-22(30)12-13-26(6,17-34-19(2)32)16-20-9-7-10-21(27)15-20/h5-8,10-13,15-16,18,22-23,28-29H,9,14,17,19-21,34H2,1-4H3,(H,35,38);5,7-8,10-15,17,21,26H,6,9,16,18-20,32H2,1-4H3,(H,33,37);7,9-10,12-13,15,18,22H,8,11,14,16-17,28H2,1-6H3,(H,29,33)/b16-15+;15-14+;13-12+/t22-,23?,28-,29-,32-;21-,26-,30-;18-,22-,26-/m000/s1. The van der Waals surface area contributed by atoms with E-state index >= 15 is 0 Å². The van der Waals surface area contributed by atoms with Gasteiger partial charge < -0.3 is 60.9 Å². The fourth-order valence-electron chi connectivity index (χ4n) is 13.4. The third-order valence-electron chi connectivity index (χ3n) is 19.8. The summed E-state index contributed by atoms with van der Waals surface area (Å²) < 4.78 is 27.8. The van der Waals surface area contributed by atoms with Crippen molar-refractivity contribution in [2.75, 3.05) is 46.6 Å². The number of rotatable bonds is 30. The second-order valence-electron chi connectivity index (χ2n) is 32.2. The second kappa shape index (κ2) is 46.3. The van der Waals surface area contributed by atoms with Crippen molar-refractivity contribution in [1.82, 2.24) is 40.9 Å². The summed E-state index contributed by atoms with van der Waals surface area (Å²) in [5.74, 6) is -1.11. The number of nitrogens with one attached hydrogen (secondary N) is 3. The summed E-state index contributed by atoms with van der Waals surface area (Å²) in [6.07, 6.45) is 19.9. The van der Waals surface area contributed by atoms with Crippen LogP contribution in [0.4, 0.5) is 0 Å². The summed E-state index contributed by atoms with van der Waals surface area (Å²) in [4.78, 5) is 79.5. The molecule has 0 spiro atoms. The van der Waals surface area contributed by atoms with Gasteiger partial charge in [-0.3, -0.25) is 49.6 Å². The van der Waals surface area contributed by atoms with Crippen LogP contribution in [0.3, 0.4) is 0 Å². The van der Waals surface area contributed by atoms with Gasteiger partial charge in [0.2, 0.25) is 5.91 Å². The molecule has 632 valence electrons. The van der Waals surface area contributed by atoms with E-state index in [4.69, 9.17) is 112 Å². The van der Waals surface area contributed by atoms with Gasteiger partial charge in [-0.1, -0.05) is 183 Å². The van der Waals surface area contributed by atoms with Crippen LogP contribution < -0.4 is 38.1 Å². The van der Waals surface area contributed by atoms with Crippen molar-refractivity contribution in [3.05, 3.63) is 207 Å². The third kappa shape index (κ3) is 32.3. The molecule has 116 heavy (non-hydrogen) atoms. The van der Waals surface area contributed by atoms with Gasteiger partial charge in [-0.2, -0.15) is 0 Å². The van der Waals surface area contributed by atoms with E-state index in [1.54, 1.807) is 37.9 Å². The van der Waals surface area contributed by atoms with Gasteiger partial charge in [0.15, 0.2) is 10.2 Å². The molecule has 3 heterocycles. The Morgan fingerprint density at radius 1 is 0.509 bits per heavy atom. The van der Waals surface area contributed by atoms with Gasteiger partial charge in [0.25, 0.3) is 11.8 Å².